The fourth-order valence-electron chi connectivity index (χ4n) is 4.57. The molecule has 1 aromatic carbocycles. The Hall–Kier alpha value is -4.69. The van der Waals surface area contributed by atoms with Gasteiger partial charge >= 0.3 is 6.18 Å². The number of aryl methyl sites for hydroxylation is 1. The normalized spacial score (nSPS) is 17.4. The molecule has 1 saturated heterocycles. The predicted octanol–water partition coefficient (Wildman–Crippen LogP) is 3.57. The number of pyridine rings is 1. The van der Waals surface area contributed by atoms with E-state index in [1.54, 1.807) is 0 Å². The average Bonchev–Trinajstić information content (AvgIpc) is 3.46. The summed E-state index contributed by atoms with van der Waals surface area (Å²) in [6, 6.07) is 3.67. The van der Waals surface area contributed by atoms with Crippen molar-refractivity contribution in [3.05, 3.63) is 76.9 Å². The smallest absolute Gasteiger partial charge is 0.382 e. The fourth-order valence-corrected chi connectivity index (χ4v) is 4.57. The Bertz CT molecular complexity index is 1640. The van der Waals surface area contributed by atoms with Crippen LogP contribution in [0.4, 0.5) is 32.2 Å². The molecule has 1 aliphatic rings. The number of halogens is 6. The minimum atomic E-state index is -4.87. The molecule has 1 fully saturated rings. The number of nitrogens with two attached hydrogens (primary N) is 1. The summed E-state index contributed by atoms with van der Waals surface area (Å²) >= 11 is 0. The van der Waals surface area contributed by atoms with E-state index in [2.05, 4.69) is 20.4 Å². The molecule has 9 nitrogen and oxygen atoms in total. The molecule has 2 amide bonds. The van der Waals surface area contributed by atoms with Gasteiger partial charge < -0.3 is 16.0 Å². The van der Waals surface area contributed by atoms with Gasteiger partial charge in [-0.15, -0.1) is 0 Å². The highest BCUT2D eigenvalue weighted by molar-refractivity contribution is 5.97. The lowest BCUT2D eigenvalue weighted by molar-refractivity contribution is -0.136. The molecule has 1 aliphatic heterocycles. The molecule has 2 unspecified atom stereocenters. The van der Waals surface area contributed by atoms with Crippen LogP contribution in [0.3, 0.4) is 0 Å². The molecule has 0 aliphatic carbocycles. The zero-order chi connectivity index (χ0) is 28.9. The van der Waals surface area contributed by atoms with Crippen molar-refractivity contribution in [3.8, 4) is 11.3 Å². The van der Waals surface area contributed by atoms with E-state index < -0.39 is 58.7 Å². The maximum absolute atomic E-state index is 15.1. The number of anilines is 1. The Morgan fingerprint density at radius 2 is 1.85 bits per heavy atom. The number of nitrogens with one attached hydrogen (secondary N) is 1. The van der Waals surface area contributed by atoms with Crippen LogP contribution >= 0.6 is 0 Å². The van der Waals surface area contributed by atoms with Crippen LogP contribution in [0, 0.1) is 18.6 Å². The maximum Gasteiger partial charge on any atom is 0.418 e. The summed E-state index contributed by atoms with van der Waals surface area (Å²) in [4.78, 5) is 34.1. The summed E-state index contributed by atoms with van der Waals surface area (Å²) in [5.74, 6) is -3.58. The Morgan fingerprint density at radius 3 is 2.52 bits per heavy atom. The lowest BCUT2D eigenvalue weighted by Gasteiger charge is -2.17. The third-order valence-electron chi connectivity index (χ3n) is 6.52. The molecule has 208 valence electrons. The number of nitrogen functional groups attached to an aromatic ring is 1. The van der Waals surface area contributed by atoms with Crippen molar-refractivity contribution in [2.75, 3.05) is 18.8 Å². The molecule has 0 bridgehead atoms. The van der Waals surface area contributed by atoms with E-state index in [1.165, 1.54) is 6.92 Å². The van der Waals surface area contributed by atoms with Crippen molar-refractivity contribution in [1.29, 1.82) is 0 Å². The second-order valence-corrected chi connectivity index (χ2v) is 9.16. The predicted molar refractivity (Wildman–Crippen MR) is 129 cm³/mol. The first-order valence-corrected chi connectivity index (χ1v) is 11.7. The molecule has 0 spiro atoms. The lowest BCUT2D eigenvalue weighted by Crippen LogP contribution is -2.42. The van der Waals surface area contributed by atoms with E-state index in [0.29, 0.717) is 6.07 Å². The van der Waals surface area contributed by atoms with Gasteiger partial charge in [0, 0.05) is 17.7 Å². The van der Waals surface area contributed by atoms with Crippen LogP contribution in [0.5, 0.6) is 0 Å². The number of carbonyl (C=O) groups is 2. The molecule has 3 aromatic heterocycles. The third kappa shape index (κ3) is 4.78. The first kappa shape index (κ1) is 26.9. The summed E-state index contributed by atoms with van der Waals surface area (Å²) in [7, 11) is 0. The van der Waals surface area contributed by atoms with E-state index in [4.69, 9.17) is 5.73 Å². The second-order valence-electron chi connectivity index (χ2n) is 9.16. The summed E-state index contributed by atoms with van der Waals surface area (Å²) in [5, 5.41) is 6.25. The minimum Gasteiger partial charge on any atom is -0.382 e. The van der Waals surface area contributed by atoms with Crippen LogP contribution in [-0.2, 0) is 6.18 Å². The average molecular weight is 563 g/mol. The van der Waals surface area contributed by atoms with Gasteiger partial charge in [-0.3, -0.25) is 9.59 Å². The number of alkyl halides is 4. The van der Waals surface area contributed by atoms with Crippen LogP contribution in [0.15, 0.2) is 42.9 Å². The Balaban J connectivity index is 1.44. The van der Waals surface area contributed by atoms with Crippen LogP contribution in [-0.4, -0.2) is 61.6 Å². The van der Waals surface area contributed by atoms with E-state index in [0.717, 1.165) is 46.2 Å². The molecular weight excluding hydrogens is 544 g/mol. The Kier molecular flexibility index (Phi) is 6.59. The van der Waals surface area contributed by atoms with Crippen LogP contribution in [0.1, 0.15) is 32.0 Å². The zero-order valence-corrected chi connectivity index (χ0v) is 20.5. The fraction of sp³-hybridized carbons (Fsp3) is 0.240. The van der Waals surface area contributed by atoms with E-state index in [1.807, 2.05) is 0 Å². The monoisotopic (exact) mass is 563 g/mol. The van der Waals surface area contributed by atoms with Crippen molar-refractivity contribution < 1.29 is 35.9 Å². The van der Waals surface area contributed by atoms with Gasteiger partial charge in [-0.05, 0) is 42.8 Å². The summed E-state index contributed by atoms with van der Waals surface area (Å²) in [6.07, 6.45) is -4.79. The van der Waals surface area contributed by atoms with Gasteiger partial charge in [0.15, 0.2) is 5.82 Å². The van der Waals surface area contributed by atoms with Crippen molar-refractivity contribution in [2.24, 2.45) is 0 Å². The molecular formula is C25H19F6N7O2. The van der Waals surface area contributed by atoms with Crippen molar-refractivity contribution in [1.82, 2.24) is 29.8 Å². The number of hydrogen-bond acceptors (Lipinski definition) is 6. The van der Waals surface area contributed by atoms with Crippen LogP contribution in [0.25, 0.3) is 16.8 Å². The van der Waals surface area contributed by atoms with Crippen molar-refractivity contribution >= 4 is 23.1 Å². The first-order valence-electron chi connectivity index (χ1n) is 11.7. The van der Waals surface area contributed by atoms with Gasteiger partial charge in [-0.25, -0.2) is 27.7 Å². The molecule has 40 heavy (non-hydrogen) atoms. The number of likely N-dealkylation sites (tertiary alicyclic amines) is 1. The number of hydrogen-bond donors (Lipinski definition) is 2. The Labute approximate surface area is 221 Å². The summed E-state index contributed by atoms with van der Waals surface area (Å²) < 4.78 is 84.9. The molecule has 4 heterocycles. The highest BCUT2D eigenvalue weighted by Gasteiger charge is 2.39. The number of aromatic nitrogens is 4. The molecule has 2 atom stereocenters. The first-order chi connectivity index (χ1) is 18.8. The van der Waals surface area contributed by atoms with Gasteiger partial charge in [0.05, 0.1) is 30.0 Å². The van der Waals surface area contributed by atoms with E-state index in [-0.39, 0.29) is 41.2 Å². The van der Waals surface area contributed by atoms with Gasteiger partial charge in [0.25, 0.3) is 11.8 Å². The molecule has 3 N–H and O–H groups in total. The van der Waals surface area contributed by atoms with E-state index in [9.17, 15) is 31.5 Å². The number of benzene rings is 1. The maximum atomic E-state index is 15.1. The van der Waals surface area contributed by atoms with Gasteiger partial charge in [0.1, 0.15) is 35.3 Å². The largest absolute Gasteiger partial charge is 0.418 e. The Morgan fingerprint density at radius 1 is 1.10 bits per heavy atom. The number of nitrogens with zero attached hydrogens (tertiary/aromatic N) is 5. The van der Waals surface area contributed by atoms with Crippen molar-refractivity contribution in [2.45, 2.75) is 25.3 Å². The standard InChI is InChI=1S/C25H19F6N7O2/c1-11-4-16(27)14(20-6-15(25(29,30)31)21-22(32)34-10-35-38(20)21)5-13(11)23(39)36-19-9-37(8-17(19)28)24(40)18-3-2-12(26)7-33-18/h2-7,10,17,19H,8-9H2,1H3,(H,36,39)(H2,32,34,35). The third-order valence-corrected chi connectivity index (χ3v) is 6.52. The molecule has 4 aromatic rings. The zero-order valence-electron chi connectivity index (χ0n) is 20.5. The summed E-state index contributed by atoms with van der Waals surface area (Å²) in [6.45, 7) is 0.803. The van der Waals surface area contributed by atoms with E-state index >= 15 is 4.39 Å². The van der Waals surface area contributed by atoms with Gasteiger partial charge in [-0.2, -0.15) is 18.3 Å². The van der Waals surface area contributed by atoms with Crippen LogP contribution in [0.2, 0.25) is 0 Å². The molecule has 0 radical (unpaired) electrons. The number of rotatable bonds is 4. The number of amides is 2. The molecule has 0 saturated carbocycles. The lowest BCUT2D eigenvalue weighted by atomic mass is 10.0. The van der Waals surface area contributed by atoms with Gasteiger partial charge in [-0.1, -0.05) is 0 Å². The number of fused-ring (bicyclic) bond motifs is 1. The molecule has 5 rings (SSSR count). The second kappa shape index (κ2) is 9.81. The topological polar surface area (TPSA) is 119 Å². The van der Waals surface area contributed by atoms with Gasteiger partial charge in [0.2, 0.25) is 0 Å². The SMILES string of the molecule is Cc1cc(F)c(-c2cc(C(F)(F)F)c3c(N)ncnn23)cc1C(=O)NC1CN(C(=O)c2ccc(F)cn2)CC1F. The highest BCUT2D eigenvalue weighted by atomic mass is 19.4. The quantitative estimate of drug-likeness (QED) is 0.367. The summed E-state index contributed by atoms with van der Waals surface area (Å²) in [5.41, 5.74) is 3.03. The highest BCUT2D eigenvalue weighted by Crippen LogP contribution is 2.39. The van der Waals surface area contributed by atoms with Crippen molar-refractivity contribution in [3.63, 3.8) is 0 Å². The van der Waals surface area contributed by atoms with Crippen LogP contribution < -0.4 is 11.1 Å². The number of carbonyl (C=O) groups excluding carboxylic acids is 2. The minimum absolute atomic E-state index is 0.110. The molecule has 15 heteroatoms.